The minimum atomic E-state index is -4.36. The van der Waals surface area contributed by atoms with E-state index in [0.717, 1.165) is 12.3 Å². The second-order valence-corrected chi connectivity index (χ2v) is 2.58. The molecule has 0 saturated carbocycles. The molecule has 1 aromatic rings. The van der Waals surface area contributed by atoms with E-state index >= 15 is 0 Å². The average molecular weight is 190 g/mol. The van der Waals surface area contributed by atoms with E-state index in [9.17, 15) is 13.2 Å². The summed E-state index contributed by atoms with van der Waals surface area (Å²) >= 11 is 0. The molecule has 0 spiro atoms. The molecular weight excluding hydrogens is 181 g/mol. The van der Waals surface area contributed by atoms with Crippen LogP contribution in [0.4, 0.5) is 13.2 Å². The van der Waals surface area contributed by atoms with Crippen LogP contribution in [-0.4, -0.2) is 12.0 Å². The molecule has 0 unspecified atom stereocenters. The minimum Gasteiger partial charge on any atom is -0.316 e. The summed E-state index contributed by atoms with van der Waals surface area (Å²) in [5.74, 6) is 0. The van der Waals surface area contributed by atoms with Gasteiger partial charge in [-0.25, -0.2) is 0 Å². The molecule has 0 fully saturated rings. The van der Waals surface area contributed by atoms with Gasteiger partial charge in [0.2, 0.25) is 0 Å². The molecular formula is C8H9F3N2. The fourth-order valence-electron chi connectivity index (χ4n) is 0.943. The zero-order valence-corrected chi connectivity index (χ0v) is 7.02. The van der Waals surface area contributed by atoms with Gasteiger partial charge < -0.3 is 5.32 Å². The Labute approximate surface area is 73.8 Å². The van der Waals surface area contributed by atoms with Crippen molar-refractivity contribution in [2.45, 2.75) is 12.7 Å². The number of halogens is 3. The molecule has 0 saturated heterocycles. The molecule has 5 heteroatoms. The third kappa shape index (κ3) is 2.69. The highest BCUT2D eigenvalue weighted by Crippen LogP contribution is 2.27. The lowest BCUT2D eigenvalue weighted by molar-refractivity contribution is -0.141. The molecule has 1 aromatic heterocycles. The SMILES string of the molecule is CNCc1ccnc(C(F)(F)F)c1. The van der Waals surface area contributed by atoms with Crippen molar-refractivity contribution in [1.29, 1.82) is 0 Å². The zero-order valence-electron chi connectivity index (χ0n) is 7.02. The first-order chi connectivity index (χ1) is 6.04. The lowest BCUT2D eigenvalue weighted by Crippen LogP contribution is -2.10. The standard InChI is InChI=1S/C8H9F3N2/c1-12-5-6-2-3-13-7(4-6)8(9,10)11/h2-4,12H,5H2,1H3. The van der Waals surface area contributed by atoms with Crippen LogP contribution < -0.4 is 5.32 Å². The highest BCUT2D eigenvalue weighted by molar-refractivity contribution is 5.18. The summed E-state index contributed by atoms with van der Waals surface area (Å²) in [4.78, 5) is 3.24. The maximum Gasteiger partial charge on any atom is 0.433 e. The van der Waals surface area contributed by atoms with E-state index in [1.807, 2.05) is 0 Å². The van der Waals surface area contributed by atoms with E-state index in [4.69, 9.17) is 0 Å². The van der Waals surface area contributed by atoms with Crippen molar-refractivity contribution in [1.82, 2.24) is 10.3 Å². The minimum absolute atomic E-state index is 0.408. The Morgan fingerprint density at radius 2 is 2.15 bits per heavy atom. The molecule has 0 aromatic carbocycles. The average Bonchev–Trinajstić information content (AvgIpc) is 2.04. The quantitative estimate of drug-likeness (QED) is 0.769. The van der Waals surface area contributed by atoms with Crippen LogP contribution in [0.2, 0.25) is 0 Å². The highest BCUT2D eigenvalue weighted by Gasteiger charge is 2.32. The lowest BCUT2D eigenvalue weighted by Gasteiger charge is -2.06. The lowest BCUT2D eigenvalue weighted by atomic mass is 10.2. The smallest absolute Gasteiger partial charge is 0.316 e. The molecule has 1 rings (SSSR count). The summed E-state index contributed by atoms with van der Waals surface area (Å²) in [6.07, 6.45) is -3.20. The predicted octanol–water partition coefficient (Wildman–Crippen LogP) is 1.82. The molecule has 1 heterocycles. The van der Waals surface area contributed by atoms with E-state index in [1.165, 1.54) is 0 Å². The first kappa shape index (κ1) is 9.98. The third-order valence-corrected chi connectivity index (χ3v) is 1.50. The zero-order chi connectivity index (χ0) is 9.90. The summed E-state index contributed by atoms with van der Waals surface area (Å²) in [6.45, 7) is 0.408. The first-order valence-electron chi connectivity index (χ1n) is 3.71. The molecule has 2 nitrogen and oxygen atoms in total. The second-order valence-electron chi connectivity index (χ2n) is 2.58. The van der Waals surface area contributed by atoms with Crippen molar-refractivity contribution in [3.05, 3.63) is 29.6 Å². The molecule has 0 aliphatic rings. The van der Waals surface area contributed by atoms with Crippen molar-refractivity contribution < 1.29 is 13.2 Å². The molecule has 72 valence electrons. The van der Waals surface area contributed by atoms with E-state index in [2.05, 4.69) is 10.3 Å². The van der Waals surface area contributed by atoms with Crippen LogP contribution >= 0.6 is 0 Å². The van der Waals surface area contributed by atoms with Gasteiger partial charge in [0.25, 0.3) is 0 Å². The largest absolute Gasteiger partial charge is 0.433 e. The van der Waals surface area contributed by atoms with Gasteiger partial charge in [-0.2, -0.15) is 13.2 Å². The van der Waals surface area contributed by atoms with E-state index in [1.54, 1.807) is 13.1 Å². The molecule has 13 heavy (non-hydrogen) atoms. The number of alkyl halides is 3. The Bertz CT molecular complexity index is 283. The van der Waals surface area contributed by atoms with Gasteiger partial charge in [0, 0.05) is 12.7 Å². The first-order valence-corrected chi connectivity index (χ1v) is 3.71. The van der Waals surface area contributed by atoms with Gasteiger partial charge in [-0.1, -0.05) is 0 Å². The van der Waals surface area contributed by atoms with Crippen molar-refractivity contribution >= 4 is 0 Å². The molecule has 0 bridgehead atoms. The van der Waals surface area contributed by atoms with Gasteiger partial charge in [-0.15, -0.1) is 0 Å². The normalized spacial score (nSPS) is 11.7. The van der Waals surface area contributed by atoms with Crippen LogP contribution in [0.25, 0.3) is 0 Å². The van der Waals surface area contributed by atoms with E-state index in [-0.39, 0.29) is 0 Å². The number of nitrogens with one attached hydrogen (secondary N) is 1. The van der Waals surface area contributed by atoms with Crippen LogP contribution in [0, 0.1) is 0 Å². The molecule has 0 aliphatic heterocycles. The number of hydrogen-bond acceptors (Lipinski definition) is 2. The van der Waals surface area contributed by atoms with Crippen LogP contribution in [0.15, 0.2) is 18.3 Å². The number of nitrogens with zero attached hydrogens (tertiary/aromatic N) is 1. The van der Waals surface area contributed by atoms with Gasteiger partial charge in [-0.3, -0.25) is 4.98 Å². The van der Waals surface area contributed by atoms with Crippen molar-refractivity contribution in [2.75, 3.05) is 7.05 Å². The van der Waals surface area contributed by atoms with Crippen molar-refractivity contribution in [3.8, 4) is 0 Å². The van der Waals surface area contributed by atoms with Crippen LogP contribution in [0.1, 0.15) is 11.3 Å². The molecule has 0 aliphatic carbocycles. The monoisotopic (exact) mass is 190 g/mol. The fourth-order valence-corrected chi connectivity index (χ4v) is 0.943. The van der Waals surface area contributed by atoms with E-state index in [0.29, 0.717) is 12.1 Å². The molecule has 0 amide bonds. The highest BCUT2D eigenvalue weighted by atomic mass is 19.4. The summed E-state index contributed by atoms with van der Waals surface area (Å²) in [7, 11) is 1.67. The molecule has 0 atom stereocenters. The van der Waals surface area contributed by atoms with Gasteiger partial charge in [0.05, 0.1) is 0 Å². The number of aromatic nitrogens is 1. The van der Waals surface area contributed by atoms with Gasteiger partial charge >= 0.3 is 6.18 Å². The Kier molecular flexibility index (Phi) is 2.87. The summed E-state index contributed by atoms with van der Waals surface area (Å²) in [5.41, 5.74) is -0.273. The summed E-state index contributed by atoms with van der Waals surface area (Å²) < 4.78 is 36.4. The van der Waals surface area contributed by atoms with Gasteiger partial charge in [0.1, 0.15) is 5.69 Å². The predicted molar refractivity (Wildman–Crippen MR) is 42.0 cm³/mol. The Morgan fingerprint density at radius 3 is 2.69 bits per heavy atom. The maximum absolute atomic E-state index is 12.1. The molecule has 0 radical (unpaired) electrons. The van der Waals surface area contributed by atoms with E-state index < -0.39 is 11.9 Å². The number of hydrogen-bond donors (Lipinski definition) is 1. The fraction of sp³-hybridized carbons (Fsp3) is 0.375. The molecule has 1 N–H and O–H groups in total. The topological polar surface area (TPSA) is 24.9 Å². The van der Waals surface area contributed by atoms with Crippen LogP contribution in [-0.2, 0) is 12.7 Å². The number of rotatable bonds is 2. The van der Waals surface area contributed by atoms with Gasteiger partial charge in [-0.05, 0) is 24.7 Å². The van der Waals surface area contributed by atoms with Crippen LogP contribution in [0.5, 0.6) is 0 Å². The van der Waals surface area contributed by atoms with Gasteiger partial charge in [0.15, 0.2) is 0 Å². The van der Waals surface area contributed by atoms with Crippen LogP contribution in [0.3, 0.4) is 0 Å². The summed E-state index contributed by atoms with van der Waals surface area (Å²) in [6, 6.07) is 2.59. The third-order valence-electron chi connectivity index (χ3n) is 1.50. The Hall–Kier alpha value is -1.10. The Balaban J connectivity index is 2.92. The summed E-state index contributed by atoms with van der Waals surface area (Å²) in [5, 5.41) is 2.77. The number of pyridine rings is 1. The second kappa shape index (κ2) is 3.74. The Morgan fingerprint density at radius 1 is 1.46 bits per heavy atom. The van der Waals surface area contributed by atoms with Crippen molar-refractivity contribution in [2.24, 2.45) is 0 Å². The van der Waals surface area contributed by atoms with Crippen molar-refractivity contribution in [3.63, 3.8) is 0 Å². The maximum atomic E-state index is 12.1.